The summed E-state index contributed by atoms with van der Waals surface area (Å²) in [6, 6.07) is -0.781. The predicted molar refractivity (Wildman–Crippen MR) is 55.6 cm³/mol. The Kier molecular flexibility index (Phi) is 4.30. The topological polar surface area (TPSA) is 89.1 Å². The van der Waals surface area contributed by atoms with E-state index < -0.39 is 12.0 Å². The molecule has 0 aliphatic carbocycles. The first-order chi connectivity index (χ1) is 6.59. The number of carbonyl (C=O) groups is 1. The van der Waals surface area contributed by atoms with Gasteiger partial charge in [0.2, 0.25) is 0 Å². The van der Waals surface area contributed by atoms with Crippen LogP contribution in [0.5, 0.6) is 0 Å². The van der Waals surface area contributed by atoms with Gasteiger partial charge in [-0.1, -0.05) is 23.1 Å². The van der Waals surface area contributed by atoms with Gasteiger partial charge < -0.3 is 10.8 Å². The van der Waals surface area contributed by atoms with E-state index in [4.69, 9.17) is 10.8 Å². The van der Waals surface area contributed by atoms with Crippen molar-refractivity contribution in [2.45, 2.75) is 23.7 Å². The molecular weight excluding hydrogens is 222 g/mol. The zero-order chi connectivity index (χ0) is 10.6. The fourth-order valence-electron chi connectivity index (χ4n) is 0.733. The lowest BCUT2D eigenvalue weighted by molar-refractivity contribution is -0.138. The molecule has 0 aromatic carbocycles. The van der Waals surface area contributed by atoms with Crippen LogP contribution in [0.3, 0.4) is 0 Å². The van der Waals surface area contributed by atoms with Crippen molar-refractivity contribution in [1.29, 1.82) is 0 Å². The maximum absolute atomic E-state index is 10.4. The standard InChI is InChI=1S/C7H11N3O2S2/c1-4-9-10-7(14-4)13-3-2-5(8)6(11)12/h5H,2-3,8H2,1H3,(H,11,12). The van der Waals surface area contributed by atoms with Crippen molar-refractivity contribution >= 4 is 29.1 Å². The Balaban J connectivity index is 2.25. The van der Waals surface area contributed by atoms with Crippen molar-refractivity contribution in [3.05, 3.63) is 5.01 Å². The van der Waals surface area contributed by atoms with Crippen LogP contribution in [0, 0.1) is 6.92 Å². The van der Waals surface area contributed by atoms with Crippen LogP contribution in [0.15, 0.2) is 4.34 Å². The second-order valence-corrected chi connectivity index (χ2v) is 5.19. The highest BCUT2D eigenvalue weighted by Gasteiger charge is 2.11. The van der Waals surface area contributed by atoms with E-state index in [-0.39, 0.29) is 0 Å². The molecule has 0 fully saturated rings. The quantitative estimate of drug-likeness (QED) is 0.729. The molecule has 1 rings (SSSR count). The van der Waals surface area contributed by atoms with Crippen molar-refractivity contribution in [3.63, 3.8) is 0 Å². The maximum Gasteiger partial charge on any atom is 0.320 e. The minimum Gasteiger partial charge on any atom is -0.480 e. The molecule has 0 spiro atoms. The third-order valence-electron chi connectivity index (χ3n) is 1.48. The summed E-state index contributed by atoms with van der Waals surface area (Å²) in [6.07, 6.45) is 0.443. The third kappa shape index (κ3) is 3.60. The van der Waals surface area contributed by atoms with Crippen LogP contribution in [0.25, 0.3) is 0 Å². The lowest BCUT2D eigenvalue weighted by Crippen LogP contribution is -2.30. The van der Waals surface area contributed by atoms with Crippen molar-refractivity contribution in [2.75, 3.05) is 5.75 Å². The fourth-order valence-corrected chi connectivity index (χ4v) is 2.64. The van der Waals surface area contributed by atoms with E-state index >= 15 is 0 Å². The molecule has 0 aliphatic heterocycles. The molecule has 1 atom stereocenters. The summed E-state index contributed by atoms with van der Waals surface area (Å²) < 4.78 is 0.861. The van der Waals surface area contributed by atoms with Gasteiger partial charge in [0.15, 0.2) is 4.34 Å². The zero-order valence-electron chi connectivity index (χ0n) is 7.64. The number of nitrogens with zero attached hydrogens (tertiary/aromatic N) is 2. The number of aliphatic carboxylic acids is 1. The number of aromatic nitrogens is 2. The number of aryl methyl sites for hydroxylation is 1. The lowest BCUT2D eigenvalue weighted by Gasteiger charge is -2.03. The average Bonchev–Trinajstić information content (AvgIpc) is 2.51. The minimum absolute atomic E-state index is 0.443. The SMILES string of the molecule is Cc1nnc(SCCC(N)C(=O)O)s1. The van der Waals surface area contributed by atoms with Crippen LogP contribution in [0.2, 0.25) is 0 Å². The Morgan fingerprint density at radius 1 is 1.71 bits per heavy atom. The van der Waals surface area contributed by atoms with E-state index in [1.165, 1.54) is 23.1 Å². The van der Waals surface area contributed by atoms with Gasteiger partial charge in [-0.3, -0.25) is 4.79 Å². The first-order valence-corrected chi connectivity index (χ1v) is 5.81. The highest BCUT2D eigenvalue weighted by atomic mass is 32.2. The molecule has 1 aromatic heterocycles. The fraction of sp³-hybridized carbons (Fsp3) is 0.571. The Morgan fingerprint density at radius 3 is 2.93 bits per heavy atom. The third-order valence-corrected chi connectivity index (χ3v) is 3.48. The van der Waals surface area contributed by atoms with Gasteiger partial charge >= 0.3 is 5.97 Å². The Labute approximate surface area is 89.7 Å². The highest BCUT2D eigenvalue weighted by Crippen LogP contribution is 2.22. The number of carboxylic acid groups (broad SMARTS) is 1. The van der Waals surface area contributed by atoms with Crippen LogP contribution in [0.1, 0.15) is 11.4 Å². The molecule has 5 nitrogen and oxygen atoms in total. The van der Waals surface area contributed by atoms with Gasteiger partial charge in [-0.25, -0.2) is 0 Å². The van der Waals surface area contributed by atoms with E-state index in [2.05, 4.69) is 10.2 Å². The second-order valence-electron chi connectivity index (χ2n) is 2.67. The molecule has 1 heterocycles. The van der Waals surface area contributed by atoms with Crippen LogP contribution < -0.4 is 5.73 Å². The first kappa shape index (κ1) is 11.4. The van der Waals surface area contributed by atoms with Gasteiger partial charge in [-0.15, -0.1) is 10.2 Å². The molecule has 7 heteroatoms. The lowest BCUT2D eigenvalue weighted by atomic mass is 10.2. The Hall–Kier alpha value is -0.660. The predicted octanol–water partition coefficient (Wildman–Crippen LogP) is 0.741. The van der Waals surface area contributed by atoms with Gasteiger partial charge in [0.05, 0.1) is 0 Å². The van der Waals surface area contributed by atoms with Crippen molar-refractivity contribution < 1.29 is 9.90 Å². The molecule has 1 aromatic rings. The van der Waals surface area contributed by atoms with Crippen molar-refractivity contribution in [2.24, 2.45) is 5.73 Å². The summed E-state index contributed by atoms with van der Waals surface area (Å²) in [5.74, 6) is -0.304. The summed E-state index contributed by atoms with van der Waals surface area (Å²) in [5.41, 5.74) is 5.34. The van der Waals surface area contributed by atoms with E-state index in [1.54, 1.807) is 0 Å². The minimum atomic E-state index is -0.959. The number of rotatable bonds is 5. The molecular formula is C7H11N3O2S2. The normalized spacial score (nSPS) is 12.7. The van der Waals surface area contributed by atoms with Crippen LogP contribution in [-0.4, -0.2) is 33.1 Å². The molecule has 78 valence electrons. The van der Waals surface area contributed by atoms with E-state index in [1.807, 2.05) is 6.92 Å². The zero-order valence-corrected chi connectivity index (χ0v) is 9.27. The summed E-state index contributed by atoms with van der Waals surface area (Å²) in [5, 5.41) is 17.2. The number of nitrogens with two attached hydrogens (primary N) is 1. The molecule has 14 heavy (non-hydrogen) atoms. The highest BCUT2D eigenvalue weighted by molar-refractivity contribution is 8.01. The van der Waals surface area contributed by atoms with E-state index in [0.29, 0.717) is 12.2 Å². The van der Waals surface area contributed by atoms with Crippen LogP contribution in [0.4, 0.5) is 0 Å². The molecule has 3 N–H and O–H groups in total. The molecule has 0 amide bonds. The number of hydrogen-bond donors (Lipinski definition) is 2. The number of carboxylic acids is 1. The van der Waals surface area contributed by atoms with Crippen molar-refractivity contribution in [1.82, 2.24) is 10.2 Å². The van der Waals surface area contributed by atoms with Gasteiger partial charge in [-0.2, -0.15) is 0 Å². The molecule has 0 saturated carbocycles. The summed E-state index contributed by atoms with van der Waals surface area (Å²) >= 11 is 2.99. The second kappa shape index (κ2) is 5.28. The molecule has 0 aliphatic rings. The summed E-state index contributed by atoms with van der Waals surface area (Å²) in [7, 11) is 0. The van der Waals surface area contributed by atoms with Gasteiger partial charge in [-0.05, 0) is 13.3 Å². The largest absolute Gasteiger partial charge is 0.480 e. The molecule has 1 unspecified atom stereocenters. The Bertz CT molecular complexity index is 316. The molecule has 0 saturated heterocycles. The summed E-state index contributed by atoms with van der Waals surface area (Å²) in [6.45, 7) is 1.88. The van der Waals surface area contributed by atoms with E-state index in [9.17, 15) is 4.79 Å². The average molecular weight is 233 g/mol. The first-order valence-electron chi connectivity index (χ1n) is 4.01. The van der Waals surface area contributed by atoms with Gasteiger partial charge in [0.25, 0.3) is 0 Å². The molecule has 0 bridgehead atoms. The van der Waals surface area contributed by atoms with E-state index in [0.717, 1.165) is 9.35 Å². The maximum atomic E-state index is 10.4. The Morgan fingerprint density at radius 2 is 2.43 bits per heavy atom. The molecule has 0 radical (unpaired) electrons. The van der Waals surface area contributed by atoms with Gasteiger partial charge in [0.1, 0.15) is 11.0 Å². The number of thioether (sulfide) groups is 1. The van der Waals surface area contributed by atoms with Crippen molar-refractivity contribution in [3.8, 4) is 0 Å². The van der Waals surface area contributed by atoms with Crippen LogP contribution in [-0.2, 0) is 4.79 Å². The summed E-state index contributed by atoms with van der Waals surface area (Å²) in [4.78, 5) is 10.4. The van der Waals surface area contributed by atoms with Gasteiger partial charge in [0, 0.05) is 5.75 Å². The number of hydrogen-bond acceptors (Lipinski definition) is 6. The smallest absolute Gasteiger partial charge is 0.320 e. The monoisotopic (exact) mass is 233 g/mol. The van der Waals surface area contributed by atoms with Crippen LogP contribution >= 0.6 is 23.1 Å².